The molecule has 1 N–H and O–H groups in total. The summed E-state index contributed by atoms with van der Waals surface area (Å²) in [6, 6.07) is 6.32. The third-order valence-corrected chi connectivity index (χ3v) is 5.10. The molecule has 1 aliphatic carbocycles. The van der Waals surface area contributed by atoms with Crippen molar-refractivity contribution in [2.45, 2.75) is 45.6 Å². The predicted octanol–water partition coefficient (Wildman–Crippen LogP) is 4.59. The van der Waals surface area contributed by atoms with Crippen molar-refractivity contribution in [3.8, 4) is 17.0 Å². The highest BCUT2D eigenvalue weighted by atomic mass is 16.5. The summed E-state index contributed by atoms with van der Waals surface area (Å²) in [7, 11) is 1.63. The Bertz CT molecular complexity index is 913. The molecule has 2 heterocycles. The van der Waals surface area contributed by atoms with E-state index in [1.165, 1.54) is 12.8 Å². The van der Waals surface area contributed by atoms with Crippen molar-refractivity contribution in [2.75, 3.05) is 12.4 Å². The number of ether oxygens (including phenoxy) is 1. The third kappa shape index (κ3) is 3.36. The van der Waals surface area contributed by atoms with E-state index in [9.17, 15) is 0 Å². The minimum atomic E-state index is 0.440. The molecule has 0 amide bonds. The maximum Gasteiger partial charge on any atom is 0.226 e. The van der Waals surface area contributed by atoms with Crippen molar-refractivity contribution in [2.24, 2.45) is 5.92 Å². The molecule has 1 aromatic carbocycles. The molecule has 136 valence electrons. The standard InChI is InChI=1S/C20H24N4O2/c1-12-4-7-15(8-5-12)23-20-21-11-16(19(24-20)25-3)14-6-9-17-18(10-14)26-13(2)22-17/h6,9-12,15H,4-5,7-8H2,1-3H3,(H,21,23,24)/t12-,15-. The quantitative estimate of drug-likeness (QED) is 0.740. The Hall–Kier alpha value is -2.63. The third-order valence-electron chi connectivity index (χ3n) is 5.10. The van der Waals surface area contributed by atoms with Crippen LogP contribution >= 0.6 is 0 Å². The number of aromatic nitrogens is 3. The van der Waals surface area contributed by atoms with Crippen molar-refractivity contribution < 1.29 is 9.15 Å². The number of nitrogens with zero attached hydrogens (tertiary/aromatic N) is 3. The molecule has 1 fully saturated rings. The minimum absolute atomic E-state index is 0.440. The number of hydrogen-bond acceptors (Lipinski definition) is 6. The van der Waals surface area contributed by atoms with Crippen LogP contribution in [0, 0.1) is 12.8 Å². The number of rotatable bonds is 4. The molecule has 0 unspecified atom stereocenters. The van der Waals surface area contributed by atoms with Crippen molar-refractivity contribution in [1.29, 1.82) is 0 Å². The van der Waals surface area contributed by atoms with Crippen LogP contribution in [0.25, 0.3) is 22.2 Å². The topological polar surface area (TPSA) is 73.1 Å². The van der Waals surface area contributed by atoms with E-state index in [2.05, 4.69) is 27.2 Å². The first-order chi connectivity index (χ1) is 12.6. The van der Waals surface area contributed by atoms with Crippen LogP contribution in [0.2, 0.25) is 0 Å². The highest BCUT2D eigenvalue weighted by Crippen LogP contribution is 2.32. The Morgan fingerprint density at radius 2 is 1.96 bits per heavy atom. The summed E-state index contributed by atoms with van der Waals surface area (Å²) in [5.74, 6) is 2.66. The molecule has 4 rings (SSSR count). The summed E-state index contributed by atoms with van der Waals surface area (Å²) < 4.78 is 11.2. The second-order valence-electron chi connectivity index (χ2n) is 7.13. The summed E-state index contributed by atoms with van der Waals surface area (Å²) in [5, 5.41) is 3.46. The monoisotopic (exact) mass is 352 g/mol. The number of methoxy groups -OCH3 is 1. The van der Waals surface area contributed by atoms with Gasteiger partial charge in [-0.15, -0.1) is 0 Å². The molecule has 0 atom stereocenters. The van der Waals surface area contributed by atoms with Crippen molar-refractivity contribution in [1.82, 2.24) is 15.0 Å². The summed E-state index contributed by atoms with van der Waals surface area (Å²) in [5.41, 5.74) is 3.38. The van der Waals surface area contributed by atoms with Crippen molar-refractivity contribution in [3.63, 3.8) is 0 Å². The highest BCUT2D eigenvalue weighted by Gasteiger charge is 2.19. The van der Waals surface area contributed by atoms with Crippen molar-refractivity contribution >= 4 is 17.0 Å². The van der Waals surface area contributed by atoms with Gasteiger partial charge in [0.05, 0.1) is 12.7 Å². The fourth-order valence-electron chi connectivity index (χ4n) is 3.58. The van der Waals surface area contributed by atoms with Gasteiger partial charge in [-0.3, -0.25) is 0 Å². The Labute approximate surface area is 153 Å². The van der Waals surface area contributed by atoms with E-state index in [4.69, 9.17) is 9.15 Å². The zero-order valence-electron chi connectivity index (χ0n) is 15.5. The average molecular weight is 352 g/mol. The summed E-state index contributed by atoms with van der Waals surface area (Å²) in [4.78, 5) is 13.4. The molecule has 6 nitrogen and oxygen atoms in total. The van der Waals surface area contributed by atoms with Crippen LogP contribution in [-0.2, 0) is 0 Å². The number of anilines is 1. The molecule has 0 bridgehead atoms. The number of benzene rings is 1. The van der Waals surface area contributed by atoms with Crippen LogP contribution < -0.4 is 10.1 Å². The van der Waals surface area contributed by atoms with E-state index in [-0.39, 0.29) is 0 Å². The molecule has 0 radical (unpaired) electrons. The second kappa shape index (κ2) is 6.94. The van der Waals surface area contributed by atoms with E-state index in [1.54, 1.807) is 7.11 Å². The zero-order chi connectivity index (χ0) is 18.1. The van der Waals surface area contributed by atoms with Gasteiger partial charge in [0.1, 0.15) is 5.52 Å². The highest BCUT2D eigenvalue weighted by molar-refractivity contribution is 5.81. The largest absolute Gasteiger partial charge is 0.480 e. The Kier molecular flexibility index (Phi) is 4.49. The molecule has 1 saturated carbocycles. The van der Waals surface area contributed by atoms with Crippen LogP contribution in [0.1, 0.15) is 38.5 Å². The SMILES string of the molecule is COc1nc(N[C@H]2CC[C@H](C)CC2)ncc1-c1ccc2nc(C)oc2c1. The Morgan fingerprint density at radius 3 is 2.73 bits per heavy atom. The second-order valence-corrected chi connectivity index (χ2v) is 7.13. The fourth-order valence-corrected chi connectivity index (χ4v) is 3.58. The Morgan fingerprint density at radius 1 is 1.15 bits per heavy atom. The number of nitrogens with one attached hydrogen (secondary N) is 1. The van der Waals surface area contributed by atoms with Gasteiger partial charge in [0.2, 0.25) is 11.8 Å². The van der Waals surface area contributed by atoms with Gasteiger partial charge in [0, 0.05) is 19.2 Å². The number of fused-ring (bicyclic) bond motifs is 1. The van der Waals surface area contributed by atoms with Crippen molar-refractivity contribution in [3.05, 3.63) is 30.3 Å². The molecule has 0 aliphatic heterocycles. The first-order valence-electron chi connectivity index (χ1n) is 9.17. The lowest BCUT2D eigenvalue weighted by Crippen LogP contribution is -2.26. The van der Waals surface area contributed by atoms with E-state index in [0.29, 0.717) is 23.8 Å². The number of oxazole rings is 1. The summed E-state index contributed by atoms with van der Waals surface area (Å²) >= 11 is 0. The lowest BCUT2D eigenvalue weighted by Gasteiger charge is -2.27. The number of aryl methyl sites for hydroxylation is 1. The van der Waals surface area contributed by atoms with Crippen LogP contribution in [-0.4, -0.2) is 28.1 Å². The van der Waals surface area contributed by atoms with Gasteiger partial charge in [-0.2, -0.15) is 4.98 Å². The molecule has 3 aromatic rings. The van der Waals surface area contributed by atoms with Gasteiger partial charge < -0.3 is 14.5 Å². The molecule has 0 spiro atoms. The zero-order valence-corrected chi connectivity index (χ0v) is 15.5. The molecule has 2 aromatic heterocycles. The minimum Gasteiger partial charge on any atom is -0.480 e. The van der Waals surface area contributed by atoms with Gasteiger partial charge in [0.15, 0.2) is 11.5 Å². The fraction of sp³-hybridized carbons (Fsp3) is 0.450. The van der Waals surface area contributed by atoms with Gasteiger partial charge in [-0.05, 0) is 49.3 Å². The van der Waals surface area contributed by atoms with Gasteiger partial charge >= 0.3 is 0 Å². The molecular weight excluding hydrogens is 328 g/mol. The van der Waals surface area contributed by atoms with Gasteiger partial charge in [-0.25, -0.2) is 9.97 Å². The smallest absolute Gasteiger partial charge is 0.226 e. The van der Waals surface area contributed by atoms with Gasteiger partial charge in [0.25, 0.3) is 0 Å². The van der Waals surface area contributed by atoms with E-state index < -0.39 is 0 Å². The first kappa shape index (κ1) is 16.8. The van der Waals surface area contributed by atoms with E-state index in [0.717, 1.165) is 41.0 Å². The first-order valence-corrected chi connectivity index (χ1v) is 9.17. The van der Waals surface area contributed by atoms with Crippen LogP contribution in [0.4, 0.5) is 5.95 Å². The normalized spacial score (nSPS) is 20.3. The molecule has 1 aliphatic rings. The lowest BCUT2D eigenvalue weighted by atomic mass is 9.87. The number of hydrogen-bond donors (Lipinski definition) is 1. The average Bonchev–Trinajstić information content (AvgIpc) is 3.02. The van der Waals surface area contributed by atoms with Crippen LogP contribution in [0.15, 0.2) is 28.8 Å². The predicted molar refractivity (Wildman–Crippen MR) is 101 cm³/mol. The van der Waals surface area contributed by atoms with Crippen LogP contribution in [0.5, 0.6) is 5.88 Å². The van der Waals surface area contributed by atoms with Gasteiger partial charge in [-0.1, -0.05) is 13.0 Å². The lowest BCUT2D eigenvalue weighted by molar-refractivity contribution is 0.359. The van der Waals surface area contributed by atoms with Crippen LogP contribution in [0.3, 0.4) is 0 Å². The van der Waals surface area contributed by atoms with E-state index >= 15 is 0 Å². The molecule has 0 saturated heterocycles. The molecular formula is C20H24N4O2. The summed E-state index contributed by atoms with van der Waals surface area (Å²) in [6.45, 7) is 4.16. The molecule has 6 heteroatoms. The maximum atomic E-state index is 5.63. The Balaban J connectivity index is 1.59. The van der Waals surface area contributed by atoms with E-state index in [1.807, 2.05) is 31.3 Å². The summed E-state index contributed by atoms with van der Waals surface area (Å²) in [6.07, 6.45) is 6.64. The maximum absolute atomic E-state index is 5.63. The molecule has 26 heavy (non-hydrogen) atoms.